The molecule has 0 saturated carbocycles. The van der Waals surface area contributed by atoms with Crippen molar-refractivity contribution < 1.29 is 17.5 Å². The molecule has 0 aliphatic heterocycles. The fourth-order valence-corrected chi connectivity index (χ4v) is 4.77. The van der Waals surface area contributed by atoms with Crippen LogP contribution in [0.2, 0.25) is 0 Å². The minimum Gasteiger partial charge on any atom is -0.383 e. The zero-order chi connectivity index (χ0) is 22.0. The average molecular weight is 439 g/mol. The Bertz CT molecular complexity index is 1330. The predicted octanol–water partition coefficient (Wildman–Crippen LogP) is 4.22. The van der Waals surface area contributed by atoms with Crippen LogP contribution >= 0.6 is 0 Å². The van der Waals surface area contributed by atoms with Gasteiger partial charge in [0.2, 0.25) is 0 Å². The Morgan fingerprint density at radius 3 is 2.65 bits per heavy atom. The van der Waals surface area contributed by atoms with Crippen molar-refractivity contribution in [2.24, 2.45) is 0 Å². The quantitative estimate of drug-likeness (QED) is 0.433. The van der Waals surface area contributed by atoms with Gasteiger partial charge in [-0.25, -0.2) is 16.8 Å². The van der Waals surface area contributed by atoms with Crippen LogP contribution in [0.1, 0.15) is 5.56 Å². The van der Waals surface area contributed by atoms with Crippen molar-refractivity contribution in [2.45, 2.75) is 11.4 Å². The van der Waals surface area contributed by atoms with Crippen molar-refractivity contribution >= 4 is 10.0 Å². The van der Waals surface area contributed by atoms with Gasteiger partial charge in [-0.1, -0.05) is 24.3 Å². The highest BCUT2D eigenvalue weighted by atomic mass is 32.2. The third kappa shape index (κ3) is 4.17. The molecule has 0 N–H and O–H groups in total. The molecular weight excluding hydrogens is 417 g/mol. The zero-order valence-electron chi connectivity index (χ0n) is 16.9. The molecule has 6 nitrogen and oxygen atoms in total. The van der Waals surface area contributed by atoms with Crippen LogP contribution in [-0.4, -0.2) is 35.9 Å². The van der Waals surface area contributed by atoms with Crippen LogP contribution in [0.3, 0.4) is 0 Å². The standard InChI is InChI=1S/C23H21FN3O3S/c1-17-12-23(21-8-3-4-9-22(21)24)27(15-17)31(28,29)20-7-5-6-18(13-20)19-14-25-26(16-19)10-11-30-2/h3-9,12-16H,1,10-11H2,2H3. The lowest BCUT2D eigenvalue weighted by atomic mass is 10.1. The van der Waals surface area contributed by atoms with Gasteiger partial charge in [0.15, 0.2) is 0 Å². The molecule has 0 saturated heterocycles. The molecule has 159 valence electrons. The summed E-state index contributed by atoms with van der Waals surface area (Å²) in [5.41, 5.74) is 2.38. The van der Waals surface area contributed by atoms with E-state index in [9.17, 15) is 12.8 Å². The summed E-state index contributed by atoms with van der Waals surface area (Å²) in [6.07, 6.45) is 4.90. The largest absolute Gasteiger partial charge is 0.383 e. The maximum absolute atomic E-state index is 14.4. The second kappa shape index (κ2) is 8.49. The molecule has 2 aromatic heterocycles. The van der Waals surface area contributed by atoms with Crippen LogP contribution < -0.4 is 0 Å². The number of rotatable bonds is 7. The van der Waals surface area contributed by atoms with E-state index in [0.717, 1.165) is 9.54 Å². The Kier molecular flexibility index (Phi) is 5.75. The van der Waals surface area contributed by atoms with Crippen molar-refractivity contribution in [3.63, 3.8) is 0 Å². The lowest BCUT2D eigenvalue weighted by molar-refractivity contribution is 0.183. The molecular formula is C23H21FN3O3S. The second-order valence-electron chi connectivity index (χ2n) is 7.03. The molecule has 0 bridgehead atoms. The molecule has 0 amide bonds. The van der Waals surface area contributed by atoms with Crippen LogP contribution in [0.5, 0.6) is 0 Å². The predicted molar refractivity (Wildman–Crippen MR) is 116 cm³/mol. The van der Waals surface area contributed by atoms with Gasteiger partial charge in [-0.2, -0.15) is 5.10 Å². The summed E-state index contributed by atoms with van der Waals surface area (Å²) < 4.78 is 49.2. The fourth-order valence-electron chi connectivity index (χ4n) is 3.33. The summed E-state index contributed by atoms with van der Waals surface area (Å²) in [5, 5.41) is 4.28. The molecule has 1 radical (unpaired) electrons. The van der Waals surface area contributed by atoms with E-state index in [1.54, 1.807) is 54.4 Å². The summed E-state index contributed by atoms with van der Waals surface area (Å²) in [7, 11) is -2.37. The van der Waals surface area contributed by atoms with Crippen molar-refractivity contribution in [2.75, 3.05) is 13.7 Å². The fraction of sp³-hybridized carbons (Fsp3) is 0.130. The molecule has 0 aliphatic carbocycles. The van der Waals surface area contributed by atoms with Crippen molar-refractivity contribution in [1.29, 1.82) is 0 Å². The van der Waals surface area contributed by atoms with E-state index >= 15 is 0 Å². The second-order valence-corrected chi connectivity index (χ2v) is 8.84. The average Bonchev–Trinajstić information content (AvgIpc) is 3.40. The first-order valence-corrected chi connectivity index (χ1v) is 11.0. The third-order valence-corrected chi connectivity index (χ3v) is 6.54. The van der Waals surface area contributed by atoms with E-state index in [-0.39, 0.29) is 16.2 Å². The number of nitrogens with zero attached hydrogens (tertiary/aromatic N) is 3. The summed E-state index contributed by atoms with van der Waals surface area (Å²) >= 11 is 0. The lowest BCUT2D eigenvalue weighted by Gasteiger charge is -2.12. The first-order valence-electron chi connectivity index (χ1n) is 9.57. The lowest BCUT2D eigenvalue weighted by Crippen LogP contribution is -2.13. The topological polar surface area (TPSA) is 66.1 Å². The minimum atomic E-state index is -3.99. The molecule has 0 unspecified atom stereocenters. The van der Waals surface area contributed by atoms with Gasteiger partial charge in [0, 0.05) is 30.6 Å². The van der Waals surface area contributed by atoms with Gasteiger partial charge in [-0.05, 0) is 48.4 Å². The van der Waals surface area contributed by atoms with Crippen LogP contribution in [0.25, 0.3) is 22.4 Å². The van der Waals surface area contributed by atoms with E-state index in [0.29, 0.717) is 24.3 Å². The van der Waals surface area contributed by atoms with Crippen molar-refractivity contribution in [3.05, 3.63) is 91.5 Å². The highest BCUT2D eigenvalue weighted by Gasteiger charge is 2.23. The molecule has 2 aromatic carbocycles. The SMILES string of the molecule is [CH2]c1cc(-c2ccccc2F)n(S(=O)(=O)c2cccc(-c3cnn(CCOC)c3)c2)c1. The third-order valence-electron chi connectivity index (χ3n) is 4.87. The molecule has 0 fully saturated rings. The number of methoxy groups -OCH3 is 1. The van der Waals surface area contributed by atoms with Gasteiger partial charge in [-0.3, -0.25) is 4.68 Å². The maximum atomic E-state index is 14.4. The highest BCUT2D eigenvalue weighted by molar-refractivity contribution is 7.90. The first kappa shape index (κ1) is 21.0. The Morgan fingerprint density at radius 2 is 1.87 bits per heavy atom. The first-order chi connectivity index (χ1) is 14.9. The molecule has 0 spiro atoms. The highest BCUT2D eigenvalue weighted by Crippen LogP contribution is 2.30. The number of ether oxygens (including phenoxy) is 1. The van der Waals surface area contributed by atoms with Crippen LogP contribution in [-0.2, 0) is 21.3 Å². The molecule has 2 heterocycles. The van der Waals surface area contributed by atoms with Crippen LogP contribution in [0, 0.1) is 12.7 Å². The summed E-state index contributed by atoms with van der Waals surface area (Å²) in [6, 6.07) is 14.2. The maximum Gasteiger partial charge on any atom is 0.268 e. The summed E-state index contributed by atoms with van der Waals surface area (Å²) in [5.74, 6) is -0.505. The van der Waals surface area contributed by atoms with Crippen LogP contribution in [0.15, 0.2) is 78.1 Å². The smallest absolute Gasteiger partial charge is 0.268 e. The van der Waals surface area contributed by atoms with E-state index in [2.05, 4.69) is 12.0 Å². The van der Waals surface area contributed by atoms with Gasteiger partial charge >= 0.3 is 0 Å². The zero-order valence-corrected chi connectivity index (χ0v) is 17.7. The van der Waals surface area contributed by atoms with Crippen molar-refractivity contribution in [1.82, 2.24) is 13.8 Å². The van der Waals surface area contributed by atoms with E-state index in [4.69, 9.17) is 4.74 Å². The number of hydrogen-bond acceptors (Lipinski definition) is 4. The molecule has 8 heteroatoms. The normalized spacial score (nSPS) is 11.7. The van der Waals surface area contributed by atoms with Gasteiger partial charge in [0.1, 0.15) is 5.82 Å². The van der Waals surface area contributed by atoms with Gasteiger partial charge in [-0.15, -0.1) is 0 Å². The number of aromatic nitrogens is 3. The molecule has 4 rings (SSSR count). The van der Waals surface area contributed by atoms with E-state index in [1.807, 2.05) is 12.3 Å². The van der Waals surface area contributed by atoms with Gasteiger partial charge < -0.3 is 4.74 Å². The van der Waals surface area contributed by atoms with E-state index in [1.165, 1.54) is 18.3 Å². The Morgan fingerprint density at radius 1 is 1.06 bits per heavy atom. The summed E-state index contributed by atoms with van der Waals surface area (Å²) in [6.45, 7) is 4.94. The monoisotopic (exact) mass is 438 g/mol. The molecule has 4 aromatic rings. The van der Waals surface area contributed by atoms with Crippen LogP contribution in [0.4, 0.5) is 4.39 Å². The van der Waals surface area contributed by atoms with E-state index < -0.39 is 15.8 Å². The molecule has 0 aliphatic rings. The number of hydrogen-bond donors (Lipinski definition) is 0. The number of halogens is 1. The Balaban J connectivity index is 1.75. The van der Waals surface area contributed by atoms with Gasteiger partial charge in [0.05, 0.1) is 29.9 Å². The molecule has 0 atom stereocenters. The van der Waals surface area contributed by atoms with Gasteiger partial charge in [0.25, 0.3) is 10.0 Å². The minimum absolute atomic E-state index is 0.0860. The van der Waals surface area contributed by atoms with Crippen molar-refractivity contribution in [3.8, 4) is 22.4 Å². The Labute approximate surface area is 180 Å². The molecule has 31 heavy (non-hydrogen) atoms. The summed E-state index contributed by atoms with van der Waals surface area (Å²) in [4.78, 5) is 0.0860. The Hall–Kier alpha value is -3.23. The number of benzene rings is 2.